The van der Waals surface area contributed by atoms with E-state index in [4.69, 9.17) is 4.52 Å². The number of benzene rings is 1. The Morgan fingerprint density at radius 2 is 2.04 bits per heavy atom. The van der Waals surface area contributed by atoms with Crippen LogP contribution in [0.15, 0.2) is 22.7 Å². The molecule has 0 N–H and O–H groups in total. The molecule has 0 spiro atoms. The summed E-state index contributed by atoms with van der Waals surface area (Å²) < 4.78 is 32.5. The Morgan fingerprint density at radius 3 is 2.72 bits per heavy atom. The minimum atomic E-state index is -0.855. The number of rotatable bonds is 3. The zero-order valence-corrected chi connectivity index (χ0v) is 13.9. The highest BCUT2D eigenvalue weighted by atomic mass is 19.2. The molecule has 2 atom stereocenters. The zero-order chi connectivity index (χ0) is 17.6. The maximum absolute atomic E-state index is 13.9. The van der Waals surface area contributed by atoms with Gasteiger partial charge in [0.15, 0.2) is 17.5 Å². The highest BCUT2D eigenvalue weighted by Gasteiger charge is 2.47. The van der Waals surface area contributed by atoms with Crippen LogP contribution in [0, 0.1) is 24.5 Å². The summed E-state index contributed by atoms with van der Waals surface area (Å²) in [6, 6.07) is 4.16. The van der Waals surface area contributed by atoms with Crippen LogP contribution in [0.1, 0.15) is 48.4 Å². The lowest BCUT2D eigenvalue weighted by Gasteiger charge is -2.30. The van der Waals surface area contributed by atoms with Crippen molar-refractivity contribution >= 4 is 5.91 Å². The molecule has 0 bridgehead atoms. The van der Waals surface area contributed by atoms with Crippen LogP contribution in [0.5, 0.6) is 0 Å². The summed E-state index contributed by atoms with van der Waals surface area (Å²) in [7, 11) is 0. The summed E-state index contributed by atoms with van der Waals surface area (Å²) in [5.74, 6) is -0.658. The van der Waals surface area contributed by atoms with Crippen molar-refractivity contribution < 1.29 is 18.1 Å². The van der Waals surface area contributed by atoms with Gasteiger partial charge < -0.3 is 9.42 Å². The molecule has 7 heteroatoms. The van der Waals surface area contributed by atoms with E-state index in [0.29, 0.717) is 36.8 Å². The molecule has 25 heavy (non-hydrogen) atoms. The van der Waals surface area contributed by atoms with Crippen molar-refractivity contribution in [1.82, 2.24) is 15.0 Å². The highest BCUT2D eigenvalue weighted by molar-refractivity contribution is 5.83. The number of piperidine rings is 1. The Hall–Kier alpha value is -2.31. The molecular weight excluding hydrogens is 328 g/mol. The molecule has 1 saturated carbocycles. The van der Waals surface area contributed by atoms with Gasteiger partial charge in [0.2, 0.25) is 11.8 Å². The van der Waals surface area contributed by atoms with Crippen molar-refractivity contribution in [2.45, 2.75) is 38.0 Å². The van der Waals surface area contributed by atoms with Gasteiger partial charge in [0.1, 0.15) is 0 Å². The lowest BCUT2D eigenvalue weighted by atomic mass is 9.96. The number of halogens is 2. The Morgan fingerprint density at radius 1 is 1.28 bits per heavy atom. The van der Waals surface area contributed by atoms with Gasteiger partial charge in [-0.1, -0.05) is 17.3 Å². The highest BCUT2D eigenvalue weighted by Crippen LogP contribution is 2.49. The van der Waals surface area contributed by atoms with E-state index in [2.05, 4.69) is 10.1 Å². The number of nitrogens with zero attached hydrogens (tertiary/aromatic N) is 3. The molecule has 1 amide bonds. The first-order valence-corrected chi connectivity index (χ1v) is 8.57. The summed E-state index contributed by atoms with van der Waals surface area (Å²) >= 11 is 0. The fraction of sp³-hybridized carbons (Fsp3) is 0.500. The maximum Gasteiger partial charge on any atom is 0.229 e. The maximum atomic E-state index is 13.9. The van der Waals surface area contributed by atoms with Crippen molar-refractivity contribution in [3.05, 3.63) is 47.1 Å². The predicted molar refractivity (Wildman–Crippen MR) is 84.8 cm³/mol. The van der Waals surface area contributed by atoms with E-state index in [1.165, 1.54) is 6.07 Å². The van der Waals surface area contributed by atoms with Crippen LogP contribution in [0.3, 0.4) is 0 Å². The summed E-state index contributed by atoms with van der Waals surface area (Å²) in [5.41, 5.74) is 0.314. The van der Waals surface area contributed by atoms with Gasteiger partial charge in [-0.3, -0.25) is 4.79 Å². The molecule has 2 heterocycles. The smallest absolute Gasteiger partial charge is 0.229 e. The van der Waals surface area contributed by atoms with E-state index in [-0.39, 0.29) is 23.7 Å². The number of hydrogen-bond acceptors (Lipinski definition) is 4. The van der Waals surface area contributed by atoms with E-state index in [0.717, 1.165) is 18.9 Å². The van der Waals surface area contributed by atoms with E-state index in [1.54, 1.807) is 13.0 Å². The van der Waals surface area contributed by atoms with Gasteiger partial charge in [-0.2, -0.15) is 4.98 Å². The van der Waals surface area contributed by atoms with Crippen LogP contribution in [-0.2, 0) is 4.79 Å². The Labute approximate surface area is 144 Å². The van der Waals surface area contributed by atoms with Gasteiger partial charge in [0.05, 0.1) is 0 Å². The van der Waals surface area contributed by atoms with Crippen LogP contribution in [0.2, 0.25) is 0 Å². The number of amides is 1. The van der Waals surface area contributed by atoms with E-state index in [1.807, 2.05) is 4.90 Å². The van der Waals surface area contributed by atoms with Crippen molar-refractivity contribution in [2.75, 3.05) is 13.1 Å². The molecule has 1 aliphatic heterocycles. The number of likely N-dealkylation sites (tertiary alicyclic amines) is 1. The van der Waals surface area contributed by atoms with E-state index >= 15 is 0 Å². The van der Waals surface area contributed by atoms with Gasteiger partial charge in [-0.25, -0.2) is 8.78 Å². The molecule has 2 aromatic rings. The fourth-order valence-electron chi connectivity index (χ4n) is 3.68. The second kappa shape index (κ2) is 6.20. The van der Waals surface area contributed by atoms with Crippen LogP contribution in [0.25, 0.3) is 0 Å². The first-order chi connectivity index (χ1) is 12.0. The third-order valence-corrected chi connectivity index (χ3v) is 5.19. The summed E-state index contributed by atoms with van der Waals surface area (Å²) in [5, 5.41) is 3.81. The molecule has 5 nitrogen and oxygen atoms in total. The van der Waals surface area contributed by atoms with E-state index < -0.39 is 11.6 Å². The molecule has 1 aromatic carbocycles. The number of hydrogen-bond donors (Lipinski definition) is 0. The first kappa shape index (κ1) is 16.2. The molecule has 1 saturated heterocycles. The largest absolute Gasteiger partial charge is 0.342 e. The SMILES string of the molecule is Cc1noc(C2CCN(C(=O)C3CC3c3cccc(F)c3F)CC2)n1. The van der Waals surface area contributed by atoms with Gasteiger partial charge >= 0.3 is 0 Å². The Balaban J connectivity index is 1.36. The molecule has 132 valence electrons. The molecule has 4 rings (SSSR count). The monoisotopic (exact) mass is 347 g/mol. The molecule has 2 unspecified atom stereocenters. The number of aryl methyl sites for hydroxylation is 1. The summed E-state index contributed by atoms with van der Waals surface area (Å²) in [6.07, 6.45) is 2.14. The Bertz CT molecular complexity index is 799. The normalized spacial score (nSPS) is 23.7. The van der Waals surface area contributed by atoms with Gasteiger partial charge in [-0.05, 0) is 43.7 Å². The molecule has 2 fully saturated rings. The van der Waals surface area contributed by atoms with Crippen molar-refractivity contribution in [3.63, 3.8) is 0 Å². The van der Waals surface area contributed by atoms with Crippen LogP contribution >= 0.6 is 0 Å². The van der Waals surface area contributed by atoms with Crippen molar-refractivity contribution in [2.24, 2.45) is 5.92 Å². The average Bonchev–Trinajstić information content (AvgIpc) is 3.29. The van der Waals surface area contributed by atoms with Gasteiger partial charge in [0, 0.05) is 24.9 Å². The summed E-state index contributed by atoms with van der Waals surface area (Å²) in [6.45, 7) is 3.03. The van der Waals surface area contributed by atoms with Crippen molar-refractivity contribution in [1.29, 1.82) is 0 Å². The number of carbonyl (C=O) groups excluding carboxylic acids is 1. The third kappa shape index (κ3) is 3.03. The average molecular weight is 347 g/mol. The van der Waals surface area contributed by atoms with Crippen LogP contribution in [-0.4, -0.2) is 34.0 Å². The quantitative estimate of drug-likeness (QED) is 0.856. The lowest BCUT2D eigenvalue weighted by Crippen LogP contribution is -2.39. The predicted octanol–water partition coefficient (Wildman–Crippen LogP) is 3.17. The lowest BCUT2D eigenvalue weighted by molar-refractivity contribution is -0.133. The first-order valence-electron chi connectivity index (χ1n) is 8.57. The number of aromatic nitrogens is 2. The molecule has 0 radical (unpaired) electrons. The van der Waals surface area contributed by atoms with E-state index in [9.17, 15) is 13.6 Å². The fourth-order valence-corrected chi connectivity index (χ4v) is 3.68. The van der Waals surface area contributed by atoms with Crippen LogP contribution < -0.4 is 0 Å². The molecule has 1 aromatic heterocycles. The number of carbonyl (C=O) groups is 1. The Kier molecular flexibility index (Phi) is 4.01. The second-order valence-corrected chi connectivity index (χ2v) is 6.87. The summed E-state index contributed by atoms with van der Waals surface area (Å²) in [4.78, 5) is 18.7. The molecule has 2 aliphatic rings. The standard InChI is InChI=1S/C18H19F2N3O2/c1-10-21-17(25-22-10)11-5-7-23(8-6-11)18(24)14-9-13(14)12-3-2-4-15(19)16(12)20/h2-4,11,13-14H,5-9H2,1H3. The zero-order valence-electron chi connectivity index (χ0n) is 13.9. The van der Waals surface area contributed by atoms with Crippen molar-refractivity contribution in [3.8, 4) is 0 Å². The van der Waals surface area contributed by atoms with Gasteiger partial charge in [0.25, 0.3) is 0 Å². The topological polar surface area (TPSA) is 59.2 Å². The molecule has 1 aliphatic carbocycles. The third-order valence-electron chi connectivity index (χ3n) is 5.19. The van der Waals surface area contributed by atoms with Gasteiger partial charge in [-0.15, -0.1) is 0 Å². The minimum absolute atomic E-state index is 0.0359. The van der Waals surface area contributed by atoms with Crippen LogP contribution in [0.4, 0.5) is 8.78 Å². The second-order valence-electron chi connectivity index (χ2n) is 6.87. The minimum Gasteiger partial charge on any atom is -0.342 e. The molecular formula is C18H19F2N3O2.